The molecule has 0 heterocycles. The third-order valence-electron chi connectivity index (χ3n) is 3.36. The molecule has 0 atom stereocenters. The minimum Gasteiger partial charge on any atom is -0.497 e. The largest absolute Gasteiger partial charge is 0.497 e. The summed E-state index contributed by atoms with van der Waals surface area (Å²) >= 11 is 0. The molecule has 0 aliphatic carbocycles. The number of Topliss-reactive ketones (excluding diaryl/α,β-unsaturated/α-hetero) is 1. The van der Waals surface area contributed by atoms with Gasteiger partial charge in [0.2, 0.25) is 5.78 Å². The molecule has 24 heavy (non-hydrogen) atoms. The summed E-state index contributed by atoms with van der Waals surface area (Å²) in [5, 5.41) is 0. The summed E-state index contributed by atoms with van der Waals surface area (Å²) in [6.07, 6.45) is 0. The van der Waals surface area contributed by atoms with Crippen LogP contribution in [0.15, 0.2) is 42.5 Å². The average molecular weight is 330 g/mol. The van der Waals surface area contributed by atoms with Crippen molar-refractivity contribution in [1.29, 1.82) is 0 Å². The lowest BCUT2D eigenvalue weighted by Crippen LogP contribution is -2.15. The molecule has 0 radical (unpaired) electrons. The van der Waals surface area contributed by atoms with Crippen molar-refractivity contribution >= 4 is 11.8 Å². The standard InChI is InChI=1S/C18H18O6/c1-21-12-8-9-16(22-2)14(10-12)15(19)11-24-17-7-5-4-6-13(17)18(20)23-3/h4-10H,11H2,1-3H3. The van der Waals surface area contributed by atoms with Crippen molar-refractivity contribution in [3.05, 3.63) is 53.6 Å². The maximum absolute atomic E-state index is 12.4. The van der Waals surface area contributed by atoms with Crippen molar-refractivity contribution in [2.24, 2.45) is 0 Å². The molecule has 0 amide bonds. The van der Waals surface area contributed by atoms with Gasteiger partial charge in [-0.15, -0.1) is 0 Å². The smallest absolute Gasteiger partial charge is 0.341 e. The average Bonchev–Trinajstić information content (AvgIpc) is 2.65. The maximum atomic E-state index is 12.4. The van der Waals surface area contributed by atoms with E-state index in [1.54, 1.807) is 42.5 Å². The molecule has 0 aliphatic rings. The third-order valence-corrected chi connectivity index (χ3v) is 3.36. The second-order valence-corrected chi connectivity index (χ2v) is 4.77. The van der Waals surface area contributed by atoms with Crippen LogP contribution in [-0.4, -0.2) is 39.7 Å². The first-order chi connectivity index (χ1) is 11.6. The van der Waals surface area contributed by atoms with E-state index in [9.17, 15) is 9.59 Å². The van der Waals surface area contributed by atoms with E-state index in [0.29, 0.717) is 17.1 Å². The SMILES string of the molecule is COC(=O)c1ccccc1OCC(=O)c1cc(OC)ccc1OC. The summed E-state index contributed by atoms with van der Waals surface area (Å²) < 4.78 is 20.5. The summed E-state index contributed by atoms with van der Waals surface area (Å²) in [7, 11) is 4.27. The highest BCUT2D eigenvalue weighted by Crippen LogP contribution is 2.25. The van der Waals surface area contributed by atoms with Crippen LogP contribution in [0, 0.1) is 0 Å². The van der Waals surface area contributed by atoms with E-state index in [1.165, 1.54) is 21.3 Å². The summed E-state index contributed by atoms with van der Waals surface area (Å²) in [6.45, 7) is -0.252. The number of carbonyl (C=O) groups excluding carboxylic acids is 2. The maximum Gasteiger partial charge on any atom is 0.341 e. The van der Waals surface area contributed by atoms with Gasteiger partial charge in [0.1, 0.15) is 22.8 Å². The number of benzene rings is 2. The van der Waals surface area contributed by atoms with Gasteiger partial charge < -0.3 is 18.9 Å². The summed E-state index contributed by atoms with van der Waals surface area (Å²) in [4.78, 5) is 24.1. The van der Waals surface area contributed by atoms with Crippen LogP contribution >= 0.6 is 0 Å². The lowest BCUT2D eigenvalue weighted by Gasteiger charge is -2.12. The molecular formula is C18H18O6. The van der Waals surface area contributed by atoms with Gasteiger partial charge in [0, 0.05) is 0 Å². The molecule has 0 aromatic heterocycles. The quantitative estimate of drug-likeness (QED) is 0.574. The Kier molecular flexibility index (Phi) is 5.78. The van der Waals surface area contributed by atoms with Crippen LogP contribution in [0.25, 0.3) is 0 Å². The first-order valence-electron chi connectivity index (χ1n) is 7.16. The first kappa shape index (κ1) is 17.3. The number of hydrogen-bond donors (Lipinski definition) is 0. The van der Waals surface area contributed by atoms with Gasteiger partial charge in [-0.2, -0.15) is 0 Å². The summed E-state index contributed by atoms with van der Waals surface area (Å²) in [6, 6.07) is 11.5. The lowest BCUT2D eigenvalue weighted by molar-refractivity contribution is 0.0594. The van der Waals surface area contributed by atoms with Gasteiger partial charge in [-0.3, -0.25) is 4.79 Å². The molecule has 2 rings (SSSR count). The van der Waals surface area contributed by atoms with Crippen molar-refractivity contribution in [3.8, 4) is 17.2 Å². The van der Waals surface area contributed by atoms with Crippen LogP contribution in [0.4, 0.5) is 0 Å². The Morgan fingerprint density at radius 1 is 0.875 bits per heavy atom. The van der Waals surface area contributed by atoms with Crippen LogP contribution in [0.2, 0.25) is 0 Å². The highest BCUT2D eigenvalue weighted by Gasteiger charge is 2.17. The number of ketones is 1. The first-order valence-corrected chi connectivity index (χ1v) is 7.16. The van der Waals surface area contributed by atoms with E-state index >= 15 is 0 Å². The van der Waals surface area contributed by atoms with E-state index in [0.717, 1.165) is 0 Å². The van der Waals surface area contributed by atoms with Gasteiger partial charge in [-0.25, -0.2) is 4.79 Å². The molecular weight excluding hydrogens is 312 g/mol. The van der Waals surface area contributed by atoms with Gasteiger partial charge in [0.05, 0.1) is 26.9 Å². The minimum atomic E-state index is -0.531. The van der Waals surface area contributed by atoms with Gasteiger partial charge >= 0.3 is 5.97 Å². The lowest BCUT2D eigenvalue weighted by atomic mass is 10.1. The van der Waals surface area contributed by atoms with Crippen LogP contribution in [0.1, 0.15) is 20.7 Å². The van der Waals surface area contributed by atoms with E-state index in [1.807, 2.05) is 0 Å². The van der Waals surface area contributed by atoms with Crippen LogP contribution in [-0.2, 0) is 4.74 Å². The number of methoxy groups -OCH3 is 3. The number of hydrogen-bond acceptors (Lipinski definition) is 6. The topological polar surface area (TPSA) is 71.1 Å². The highest BCUT2D eigenvalue weighted by molar-refractivity contribution is 6.00. The fraction of sp³-hybridized carbons (Fsp3) is 0.222. The number of carbonyl (C=O) groups is 2. The van der Waals surface area contributed by atoms with Crippen molar-refractivity contribution in [2.75, 3.05) is 27.9 Å². The molecule has 0 spiro atoms. The molecule has 0 N–H and O–H groups in total. The normalized spacial score (nSPS) is 9.96. The molecule has 0 fully saturated rings. The van der Waals surface area contributed by atoms with E-state index in [-0.39, 0.29) is 23.7 Å². The molecule has 0 bridgehead atoms. The number of ether oxygens (including phenoxy) is 4. The van der Waals surface area contributed by atoms with Crippen LogP contribution in [0.3, 0.4) is 0 Å². The molecule has 0 saturated carbocycles. The van der Waals surface area contributed by atoms with E-state index in [4.69, 9.17) is 18.9 Å². The summed E-state index contributed by atoms with van der Waals surface area (Å²) in [5.74, 6) is 0.404. The number of rotatable bonds is 7. The van der Waals surface area contributed by atoms with Crippen molar-refractivity contribution in [2.45, 2.75) is 0 Å². The number of para-hydroxylation sites is 1. The Morgan fingerprint density at radius 2 is 1.62 bits per heavy atom. The molecule has 0 aliphatic heterocycles. The minimum absolute atomic E-state index is 0.252. The predicted octanol–water partition coefficient (Wildman–Crippen LogP) is 2.75. The Morgan fingerprint density at radius 3 is 2.29 bits per heavy atom. The number of esters is 1. The molecule has 6 heteroatoms. The fourth-order valence-corrected chi connectivity index (χ4v) is 2.12. The van der Waals surface area contributed by atoms with Crippen molar-refractivity contribution in [3.63, 3.8) is 0 Å². The Labute approximate surface area is 139 Å². The van der Waals surface area contributed by atoms with E-state index in [2.05, 4.69) is 0 Å². The molecule has 0 unspecified atom stereocenters. The zero-order valence-electron chi connectivity index (χ0n) is 13.7. The Balaban J connectivity index is 2.19. The summed E-state index contributed by atoms with van der Waals surface area (Å²) in [5.41, 5.74) is 0.595. The van der Waals surface area contributed by atoms with Gasteiger partial charge in [0.25, 0.3) is 0 Å². The zero-order valence-corrected chi connectivity index (χ0v) is 13.7. The fourth-order valence-electron chi connectivity index (χ4n) is 2.12. The molecule has 6 nitrogen and oxygen atoms in total. The molecule has 2 aromatic rings. The van der Waals surface area contributed by atoms with Crippen molar-refractivity contribution < 1.29 is 28.5 Å². The predicted molar refractivity (Wildman–Crippen MR) is 87.2 cm³/mol. The highest BCUT2D eigenvalue weighted by atomic mass is 16.5. The third kappa shape index (κ3) is 3.84. The second-order valence-electron chi connectivity index (χ2n) is 4.77. The van der Waals surface area contributed by atoms with Crippen LogP contribution < -0.4 is 14.2 Å². The van der Waals surface area contributed by atoms with E-state index < -0.39 is 5.97 Å². The zero-order chi connectivity index (χ0) is 17.5. The van der Waals surface area contributed by atoms with Gasteiger partial charge in [0.15, 0.2) is 6.61 Å². The Bertz CT molecular complexity index is 738. The monoisotopic (exact) mass is 330 g/mol. The molecule has 0 saturated heterocycles. The second kappa shape index (κ2) is 8.01. The van der Waals surface area contributed by atoms with Crippen molar-refractivity contribution in [1.82, 2.24) is 0 Å². The van der Waals surface area contributed by atoms with Crippen LogP contribution in [0.5, 0.6) is 17.2 Å². The van der Waals surface area contributed by atoms with Gasteiger partial charge in [-0.05, 0) is 30.3 Å². The molecule has 2 aromatic carbocycles. The Hall–Kier alpha value is -3.02. The van der Waals surface area contributed by atoms with Gasteiger partial charge in [-0.1, -0.05) is 12.1 Å². The molecule has 126 valence electrons.